The highest BCUT2D eigenvalue weighted by Gasteiger charge is 2.45. The summed E-state index contributed by atoms with van der Waals surface area (Å²) in [5, 5.41) is 0. The van der Waals surface area contributed by atoms with Crippen molar-refractivity contribution in [3.8, 4) is 0 Å². The van der Waals surface area contributed by atoms with Crippen LogP contribution in [0.2, 0.25) is 0 Å². The van der Waals surface area contributed by atoms with Gasteiger partial charge >= 0.3 is 12.1 Å². The number of carbonyl (C=O) groups excluding carboxylic acids is 6. The SMILES string of the molecule is CCCCC1C(=O)N(C)C(=O)N(Cc2cccc(CN3C(=O)C(CCCC)C(=O)N(C)C3=O)c2)C1=O. The van der Waals surface area contributed by atoms with Crippen molar-refractivity contribution in [3.63, 3.8) is 0 Å². The lowest BCUT2D eigenvalue weighted by Crippen LogP contribution is -2.58. The molecule has 2 atom stereocenters. The summed E-state index contributed by atoms with van der Waals surface area (Å²) in [7, 11) is 2.75. The Kier molecular flexibility index (Phi) is 8.60. The minimum atomic E-state index is -0.882. The van der Waals surface area contributed by atoms with E-state index in [0.717, 1.165) is 32.4 Å². The van der Waals surface area contributed by atoms with Gasteiger partial charge in [0.05, 0.1) is 13.1 Å². The number of hydrogen-bond acceptors (Lipinski definition) is 6. The standard InChI is InChI=1S/C26H34N4O6/c1-5-7-12-19-21(31)27(3)25(35)29(23(19)33)15-17-10-9-11-18(14-17)16-30-24(34)20(13-8-6-2)22(32)28(4)26(30)36/h9-11,14,19-20H,5-8,12-13,15-16H2,1-4H3. The average molecular weight is 499 g/mol. The Morgan fingerprint density at radius 2 is 1.03 bits per heavy atom. The molecule has 2 aliphatic rings. The van der Waals surface area contributed by atoms with Crippen LogP contribution in [0.1, 0.15) is 63.5 Å². The Balaban J connectivity index is 1.79. The first kappa shape index (κ1) is 27.0. The molecule has 2 fully saturated rings. The molecule has 10 heteroatoms. The van der Waals surface area contributed by atoms with Gasteiger partial charge in [-0.2, -0.15) is 0 Å². The van der Waals surface area contributed by atoms with Crippen LogP contribution in [0.4, 0.5) is 9.59 Å². The monoisotopic (exact) mass is 498 g/mol. The fourth-order valence-corrected chi connectivity index (χ4v) is 4.59. The maximum Gasteiger partial charge on any atom is 0.333 e. The molecular weight excluding hydrogens is 464 g/mol. The Bertz CT molecular complexity index is 991. The molecule has 0 spiro atoms. The molecule has 2 aliphatic heterocycles. The lowest BCUT2D eigenvalue weighted by Gasteiger charge is -2.35. The molecule has 0 aliphatic carbocycles. The third kappa shape index (κ3) is 5.32. The van der Waals surface area contributed by atoms with E-state index in [9.17, 15) is 28.8 Å². The minimum absolute atomic E-state index is 0.0365. The van der Waals surface area contributed by atoms with Gasteiger partial charge in [0.1, 0.15) is 11.8 Å². The number of rotatable bonds is 10. The van der Waals surface area contributed by atoms with Gasteiger partial charge in [-0.3, -0.25) is 38.8 Å². The number of barbiturate groups is 2. The van der Waals surface area contributed by atoms with E-state index >= 15 is 0 Å². The summed E-state index contributed by atoms with van der Waals surface area (Å²) in [4.78, 5) is 80.5. The van der Waals surface area contributed by atoms with Gasteiger partial charge in [0.15, 0.2) is 0 Å². The number of unbranched alkanes of at least 4 members (excludes halogenated alkanes) is 2. The van der Waals surface area contributed by atoms with E-state index in [0.29, 0.717) is 36.8 Å². The maximum atomic E-state index is 13.0. The van der Waals surface area contributed by atoms with Crippen LogP contribution in [0.5, 0.6) is 0 Å². The first-order valence-corrected chi connectivity index (χ1v) is 12.5. The molecule has 36 heavy (non-hydrogen) atoms. The summed E-state index contributed by atoms with van der Waals surface area (Å²) in [5.41, 5.74) is 1.24. The van der Waals surface area contributed by atoms with Gasteiger partial charge < -0.3 is 0 Å². The average Bonchev–Trinajstić information content (AvgIpc) is 2.87. The zero-order valence-corrected chi connectivity index (χ0v) is 21.4. The van der Waals surface area contributed by atoms with Gasteiger partial charge in [0, 0.05) is 14.1 Å². The number of hydrogen-bond donors (Lipinski definition) is 0. The highest BCUT2D eigenvalue weighted by Crippen LogP contribution is 2.26. The molecule has 0 aromatic heterocycles. The van der Waals surface area contributed by atoms with Crippen molar-refractivity contribution in [1.29, 1.82) is 0 Å². The maximum absolute atomic E-state index is 13.0. The van der Waals surface area contributed by atoms with Gasteiger partial charge in [-0.25, -0.2) is 9.59 Å². The van der Waals surface area contributed by atoms with Crippen LogP contribution in [0.15, 0.2) is 24.3 Å². The summed E-state index contributed by atoms with van der Waals surface area (Å²) >= 11 is 0. The molecule has 2 heterocycles. The molecule has 3 rings (SSSR count). The van der Waals surface area contributed by atoms with Gasteiger partial charge in [0.25, 0.3) is 0 Å². The lowest BCUT2D eigenvalue weighted by atomic mass is 9.96. The molecule has 1 aromatic carbocycles. The van der Waals surface area contributed by atoms with E-state index in [1.807, 2.05) is 13.8 Å². The van der Waals surface area contributed by atoms with E-state index < -0.39 is 47.5 Å². The fourth-order valence-electron chi connectivity index (χ4n) is 4.59. The lowest BCUT2D eigenvalue weighted by molar-refractivity contribution is -0.150. The molecule has 0 N–H and O–H groups in total. The van der Waals surface area contributed by atoms with Crippen LogP contribution in [0, 0.1) is 11.8 Å². The molecule has 194 valence electrons. The van der Waals surface area contributed by atoms with Crippen molar-refractivity contribution in [3.05, 3.63) is 35.4 Å². The van der Waals surface area contributed by atoms with E-state index in [1.165, 1.54) is 14.1 Å². The van der Waals surface area contributed by atoms with Crippen LogP contribution < -0.4 is 0 Å². The second kappa shape index (κ2) is 11.5. The number of urea groups is 2. The zero-order chi connectivity index (χ0) is 26.6. The molecule has 10 nitrogen and oxygen atoms in total. The van der Waals surface area contributed by atoms with Crippen LogP contribution in [-0.4, -0.2) is 69.4 Å². The Labute approximate surface area is 211 Å². The number of carbonyl (C=O) groups is 6. The third-order valence-electron chi connectivity index (χ3n) is 6.79. The van der Waals surface area contributed by atoms with E-state index in [2.05, 4.69) is 0 Å². The van der Waals surface area contributed by atoms with Crippen molar-refractivity contribution in [1.82, 2.24) is 19.6 Å². The van der Waals surface area contributed by atoms with Crippen molar-refractivity contribution in [2.75, 3.05) is 14.1 Å². The molecular formula is C26H34N4O6. The molecule has 0 bridgehead atoms. The quantitative estimate of drug-likeness (QED) is 0.458. The second-order valence-corrected chi connectivity index (χ2v) is 9.42. The molecule has 2 unspecified atom stereocenters. The van der Waals surface area contributed by atoms with Crippen molar-refractivity contribution in [2.24, 2.45) is 11.8 Å². The summed E-state index contributed by atoms with van der Waals surface area (Å²) in [5.74, 6) is -3.76. The summed E-state index contributed by atoms with van der Waals surface area (Å²) in [6.07, 6.45) is 3.80. The largest absolute Gasteiger partial charge is 0.333 e. The second-order valence-electron chi connectivity index (χ2n) is 9.42. The van der Waals surface area contributed by atoms with E-state index in [1.54, 1.807) is 24.3 Å². The smallest absolute Gasteiger partial charge is 0.273 e. The summed E-state index contributed by atoms with van der Waals surface area (Å²) in [6, 6.07) is 5.56. The molecule has 2 saturated heterocycles. The highest BCUT2D eigenvalue weighted by atomic mass is 16.2. The topological polar surface area (TPSA) is 115 Å². The van der Waals surface area contributed by atoms with E-state index in [-0.39, 0.29) is 13.1 Å². The first-order valence-electron chi connectivity index (χ1n) is 12.5. The Hall–Kier alpha value is -3.56. The predicted octanol–water partition coefficient (Wildman–Crippen LogP) is 3.14. The first-order chi connectivity index (χ1) is 17.1. The Morgan fingerprint density at radius 1 is 0.639 bits per heavy atom. The summed E-state index contributed by atoms with van der Waals surface area (Å²) in [6.45, 7) is 3.86. The number of benzene rings is 1. The molecule has 8 amide bonds. The van der Waals surface area contributed by atoms with Crippen LogP contribution in [0.25, 0.3) is 0 Å². The molecule has 0 saturated carbocycles. The zero-order valence-electron chi connectivity index (χ0n) is 21.4. The number of nitrogens with zero attached hydrogens (tertiary/aromatic N) is 4. The van der Waals surface area contributed by atoms with Crippen molar-refractivity contribution < 1.29 is 28.8 Å². The minimum Gasteiger partial charge on any atom is -0.273 e. The summed E-state index contributed by atoms with van der Waals surface area (Å²) < 4.78 is 0. The van der Waals surface area contributed by atoms with Gasteiger partial charge in [-0.1, -0.05) is 63.8 Å². The van der Waals surface area contributed by atoms with Crippen molar-refractivity contribution >= 4 is 35.7 Å². The highest BCUT2D eigenvalue weighted by molar-refractivity contribution is 6.16. The van der Waals surface area contributed by atoms with Gasteiger partial charge in [-0.05, 0) is 24.0 Å². The predicted molar refractivity (Wildman–Crippen MR) is 130 cm³/mol. The van der Waals surface area contributed by atoms with Crippen LogP contribution in [-0.2, 0) is 32.3 Å². The number of imide groups is 4. The van der Waals surface area contributed by atoms with Gasteiger partial charge in [-0.15, -0.1) is 0 Å². The molecule has 1 aromatic rings. The number of amides is 8. The van der Waals surface area contributed by atoms with Crippen LogP contribution >= 0.6 is 0 Å². The van der Waals surface area contributed by atoms with Gasteiger partial charge in [0.2, 0.25) is 23.6 Å². The van der Waals surface area contributed by atoms with Crippen LogP contribution in [0.3, 0.4) is 0 Å². The Morgan fingerprint density at radius 3 is 1.39 bits per heavy atom. The third-order valence-corrected chi connectivity index (χ3v) is 6.79. The normalized spacial score (nSPS) is 21.2. The fraction of sp³-hybridized carbons (Fsp3) is 0.538. The van der Waals surface area contributed by atoms with E-state index in [4.69, 9.17) is 0 Å². The van der Waals surface area contributed by atoms with Crippen molar-refractivity contribution in [2.45, 2.75) is 65.5 Å². The molecule has 0 radical (unpaired) electrons.